The Labute approximate surface area is 554 Å². The predicted molar refractivity (Wildman–Crippen MR) is 327 cm³/mol. The van der Waals surface area contributed by atoms with Crippen molar-refractivity contribution in [2.45, 2.75) is 64.5 Å². The molecule has 0 spiro atoms. The lowest BCUT2D eigenvalue weighted by Crippen LogP contribution is -2.50. The minimum absolute atomic E-state index is 0.0407. The second-order valence-electron chi connectivity index (χ2n) is 22.7. The minimum atomic E-state index is -5.11. The molecular formula is C70H46F12N2O16. The fourth-order valence-electron chi connectivity index (χ4n) is 11.3. The summed E-state index contributed by atoms with van der Waals surface area (Å²) in [6.45, 7) is 9.03. The normalized spacial score (nSPS) is 14.0. The van der Waals surface area contributed by atoms with E-state index in [1.807, 2.05) is 0 Å². The van der Waals surface area contributed by atoms with Gasteiger partial charge in [-0.25, -0.2) is 19.2 Å². The van der Waals surface area contributed by atoms with Crippen molar-refractivity contribution in [2.75, 3.05) is 26.4 Å². The monoisotopic (exact) mass is 1400 g/mol. The Bertz CT molecular complexity index is 4440. The predicted octanol–water partition coefficient (Wildman–Crippen LogP) is 16.3. The zero-order chi connectivity index (χ0) is 72.6. The number of carbonyl (C=O) groups is 8. The Morgan fingerprint density at radius 1 is 0.360 bits per heavy atom. The third kappa shape index (κ3) is 13.2. The largest absolute Gasteiger partial charge is 0.461 e. The van der Waals surface area contributed by atoms with E-state index in [1.54, 1.807) is 0 Å². The molecular weight excluding hydrogens is 1350 g/mol. The van der Waals surface area contributed by atoms with Gasteiger partial charge in [0.15, 0.2) is 0 Å². The molecule has 2 atom stereocenters. The fourth-order valence-corrected chi connectivity index (χ4v) is 11.3. The van der Waals surface area contributed by atoms with Crippen LogP contribution in [-0.2, 0) is 62.8 Å². The molecule has 11 rings (SSSR count). The maximum Gasteiger partial charge on any atom is 0.416 e. The molecule has 0 aromatic heterocycles. The van der Waals surface area contributed by atoms with E-state index in [0.717, 1.165) is 86.6 Å². The zero-order valence-corrected chi connectivity index (χ0v) is 51.9. The highest BCUT2D eigenvalue weighted by Gasteiger charge is 2.46. The van der Waals surface area contributed by atoms with Crippen molar-refractivity contribution in [3.8, 4) is 46.0 Å². The van der Waals surface area contributed by atoms with Crippen molar-refractivity contribution in [3.63, 3.8) is 0 Å². The lowest BCUT2D eigenvalue weighted by Gasteiger charge is -2.34. The second-order valence-corrected chi connectivity index (χ2v) is 22.7. The number of hydrogen-bond acceptors (Lipinski definition) is 16. The first-order chi connectivity index (χ1) is 46.9. The van der Waals surface area contributed by atoms with E-state index in [2.05, 4.69) is 13.2 Å². The third-order valence-corrected chi connectivity index (χ3v) is 15.8. The van der Waals surface area contributed by atoms with Crippen LogP contribution in [0.25, 0.3) is 43.1 Å². The molecule has 4 amide bonds. The first-order valence-corrected chi connectivity index (χ1v) is 29.4. The van der Waals surface area contributed by atoms with Crippen molar-refractivity contribution in [2.24, 2.45) is 0 Å². The molecule has 0 bridgehead atoms. The van der Waals surface area contributed by atoms with Crippen molar-refractivity contribution >= 4 is 90.6 Å². The summed E-state index contributed by atoms with van der Waals surface area (Å²) in [6, 6.07) is 11.4. The molecule has 9 aromatic carbocycles. The highest BCUT2D eigenvalue weighted by molar-refractivity contribution is 6.45. The highest BCUT2D eigenvalue weighted by atomic mass is 19.4. The van der Waals surface area contributed by atoms with Gasteiger partial charge in [-0.2, -0.15) is 52.7 Å². The number of alkyl halides is 12. The van der Waals surface area contributed by atoms with Crippen LogP contribution in [0.2, 0.25) is 0 Å². The maximum atomic E-state index is 15.5. The summed E-state index contributed by atoms with van der Waals surface area (Å²) >= 11 is 0. The Morgan fingerprint density at radius 3 is 0.810 bits per heavy atom. The topological polar surface area (TPSA) is 217 Å². The molecule has 30 heteroatoms. The van der Waals surface area contributed by atoms with Gasteiger partial charge in [0.05, 0.1) is 44.5 Å². The molecule has 0 fully saturated rings. The number of halogens is 12. The first kappa shape index (κ1) is 69.6. The third-order valence-electron chi connectivity index (χ3n) is 15.8. The van der Waals surface area contributed by atoms with Crippen molar-refractivity contribution in [1.82, 2.24) is 9.80 Å². The number of amides is 4. The van der Waals surface area contributed by atoms with E-state index in [9.17, 15) is 71.9 Å². The van der Waals surface area contributed by atoms with Gasteiger partial charge < -0.3 is 37.9 Å². The molecule has 0 aliphatic carbocycles. The molecule has 0 radical (unpaired) electrons. The lowest BCUT2D eigenvalue weighted by molar-refractivity contribution is -0.153. The van der Waals surface area contributed by atoms with Gasteiger partial charge >= 0.3 is 48.6 Å². The molecule has 516 valence electrons. The van der Waals surface area contributed by atoms with Crippen LogP contribution < -0.4 is 18.9 Å². The van der Waals surface area contributed by atoms with Crippen molar-refractivity contribution in [1.29, 1.82) is 0 Å². The van der Waals surface area contributed by atoms with Crippen molar-refractivity contribution in [3.05, 3.63) is 190 Å². The van der Waals surface area contributed by atoms with Gasteiger partial charge in [-0.3, -0.25) is 29.0 Å². The van der Waals surface area contributed by atoms with Gasteiger partial charge in [0.1, 0.15) is 84.5 Å². The van der Waals surface area contributed by atoms with Crippen molar-refractivity contribution < 1.29 is 129 Å². The van der Waals surface area contributed by atoms with Crippen LogP contribution in [0.15, 0.2) is 146 Å². The van der Waals surface area contributed by atoms with E-state index in [1.165, 1.54) is 13.8 Å². The highest BCUT2D eigenvalue weighted by Crippen LogP contribution is 2.58. The van der Waals surface area contributed by atoms with E-state index in [-0.39, 0.29) is 11.1 Å². The van der Waals surface area contributed by atoms with Crippen LogP contribution in [0.4, 0.5) is 52.7 Å². The van der Waals surface area contributed by atoms with Gasteiger partial charge in [-0.1, -0.05) is 37.4 Å². The zero-order valence-electron chi connectivity index (χ0n) is 51.9. The quantitative estimate of drug-likeness (QED) is 0.0101. The number of ether oxygens (including phenoxy) is 8. The number of nitrogens with zero attached hydrogens (tertiary/aromatic N) is 2. The molecule has 2 aliphatic heterocycles. The van der Waals surface area contributed by atoms with Gasteiger partial charge in [0.25, 0.3) is 23.6 Å². The Balaban J connectivity index is 1.31. The fraction of sp³-hybridized carbons (Fsp3) is 0.200. The Morgan fingerprint density at radius 2 is 0.590 bits per heavy atom. The average molecular weight is 1400 g/mol. The van der Waals surface area contributed by atoms with Crippen LogP contribution >= 0.6 is 0 Å². The molecule has 2 unspecified atom stereocenters. The summed E-state index contributed by atoms with van der Waals surface area (Å²) in [4.78, 5) is 115. The average Bonchev–Trinajstić information content (AvgIpc) is 0.672. The van der Waals surface area contributed by atoms with E-state index in [4.69, 9.17) is 37.9 Å². The molecule has 0 saturated carbocycles. The van der Waals surface area contributed by atoms with Crippen LogP contribution in [0.5, 0.6) is 46.0 Å². The Kier molecular flexibility index (Phi) is 18.1. The Hall–Kier alpha value is -11.7. The number of benzene rings is 9. The van der Waals surface area contributed by atoms with E-state index < -0.39 is 244 Å². The summed E-state index contributed by atoms with van der Waals surface area (Å²) in [5.41, 5.74) is -8.26. The van der Waals surface area contributed by atoms with Crippen LogP contribution in [0, 0.1) is 0 Å². The molecule has 2 heterocycles. The second kappa shape index (κ2) is 25.9. The summed E-state index contributed by atoms with van der Waals surface area (Å²) in [5.74, 6) is -16.1. The lowest BCUT2D eigenvalue weighted by atomic mass is 9.80. The van der Waals surface area contributed by atoms with Gasteiger partial charge in [-0.05, 0) is 125 Å². The standard InChI is InChI=1S/C70H46F12N2O16/c1-31(2)63(89)93-19-21-95-65(91)33(5)83-59(85)43-27-47(97-39-15-7-11-35(23-39)67(71,72)73)53-55-49(99-41-17-9-13-37(25-41)69(77,78)79)29-45-52-46(62(88)84(61(45)87)34(6)66(92)96-22-20-94-64(90)32(3)4)30-50(100-42-18-10-14-38(26-42)70(80,81)82)56(58(52)55)54-48(28-44(60(83)86)51(43)57(53)54)98-40-16-8-12-36(24-40)68(74,75)76/h7-18,23-30,33-34H,1,3,19-22H2,2,4-6H3. The van der Waals surface area contributed by atoms with E-state index in [0.29, 0.717) is 58.3 Å². The number of carbonyl (C=O) groups excluding carboxylic acids is 8. The van der Waals surface area contributed by atoms with Gasteiger partial charge in [-0.15, -0.1) is 0 Å². The van der Waals surface area contributed by atoms with E-state index >= 15 is 19.2 Å². The van der Waals surface area contributed by atoms with Crippen LogP contribution in [0.3, 0.4) is 0 Å². The maximum absolute atomic E-state index is 15.5. The number of fused-ring (bicyclic) bond motifs is 2. The molecule has 0 N–H and O–H groups in total. The number of esters is 4. The van der Waals surface area contributed by atoms with Gasteiger partial charge in [0.2, 0.25) is 0 Å². The molecule has 9 aromatic rings. The van der Waals surface area contributed by atoms with Crippen LogP contribution in [0.1, 0.15) is 91.4 Å². The molecule has 0 saturated heterocycles. The minimum Gasteiger partial charge on any atom is -0.461 e. The molecule has 100 heavy (non-hydrogen) atoms. The number of rotatable bonds is 20. The summed E-state index contributed by atoms with van der Waals surface area (Å²) < 4.78 is 222. The first-order valence-electron chi connectivity index (χ1n) is 29.4. The summed E-state index contributed by atoms with van der Waals surface area (Å²) in [6.07, 6.45) is -20.4. The van der Waals surface area contributed by atoms with Crippen LogP contribution in [-0.4, -0.2) is 95.8 Å². The molecule has 18 nitrogen and oxygen atoms in total. The molecule has 2 aliphatic rings. The smallest absolute Gasteiger partial charge is 0.416 e. The summed E-state index contributed by atoms with van der Waals surface area (Å²) in [7, 11) is 0. The SMILES string of the molecule is C=C(C)C(=O)OCCOC(=O)C(C)N1C(=O)c2cc(Oc3cccc(C(F)(F)F)c3)c3c4c(Oc5cccc(C(F)(F)F)c5)cc5c6c(cc(Oc7cccc(C(F)(F)F)c7)c(c7c(Oc8cccc(C(F)(F)F)c8)cc(c2c37)C1=O)c64)C(=O)N(C(C)C(=O)OCCOC(=O)C(=C)C)C5=O. The number of hydrogen-bond donors (Lipinski definition) is 0. The summed E-state index contributed by atoms with van der Waals surface area (Å²) in [5, 5.41) is -4.60. The van der Waals surface area contributed by atoms with Gasteiger partial charge in [0, 0.05) is 54.2 Å². The number of imide groups is 2.